The first-order valence-corrected chi connectivity index (χ1v) is 4.98. The Bertz CT molecular complexity index is 322. The first-order chi connectivity index (χ1) is 7.13. The van der Waals surface area contributed by atoms with Crippen LogP contribution in [0.25, 0.3) is 0 Å². The largest absolute Gasteiger partial charge is 0.349 e. The van der Waals surface area contributed by atoms with Crippen LogP contribution in [-0.2, 0) is 18.4 Å². The van der Waals surface area contributed by atoms with E-state index in [9.17, 15) is 4.79 Å². The molecule has 1 rings (SSSR count). The molecule has 1 amide bonds. The summed E-state index contributed by atoms with van der Waals surface area (Å²) >= 11 is 0. The van der Waals surface area contributed by atoms with E-state index in [4.69, 9.17) is 5.73 Å². The Morgan fingerprint density at radius 1 is 1.73 bits per heavy atom. The maximum absolute atomic E-state index is 11.4. The molecule has 1 unspecified atom stereocenters. The van der Waals surface area contributed by atoms with Gasteiger partial charge in [0.1, 0.15) is 6.33 Å². The lowest BCUT2D eigenvalue weighted by atomic mass is 10.1. The van der Waals surface area contributed by atoms with Crippen LogP contribution in [0.2, 0.25) is 0 Å². The Balaban J connectivity index is 2.31. The van der Waals surface area contributed by atoms with Crippen LogP contribution in [0.3, 0.4) is 0 Å². The molecule has 0 aromatic carbocycles. The lowest BCUT2D eigenvalue weighted by molar-refractivity contribution is -0.121. The quantitative estimate of drug-likeness (QED) is 0.691. The number of carbonyl (C=O) groups excluding carboxylic acids is 1. The van der Waals surface area contributed by atoms with Gasteiger partial charge in [0.05, 0.1) is 6.54 Å². The topological polar surface area (TPSA) is 85.8 Å². The van der Waals surface area contributed by atoms with Crippen LogP contribution in [0.15, 0.2) is 6.33 Å². The molecule has 0 saturated heterocycles. The second-order valence-corrected chi connectivity index (χ2v) is 3.51. The summed E-state index contributed by atoms with van der Waals surface area (Å²) in [5, 5.41) is 10.3. The van der Waals surface area contributed by atoms with Gasteiger partial charge >= 0.3 is 0 Å². The van der Waals surface area contributed by atoms with Gasteiger partial charge in [-0.2, -0.15) is 0 Å². The van der Waals surface area contributed by atoms with Gasteiger partial charge in [-0.15, -0.1) is 10.2 Å². The molecule has 0 bridgehead atoms. The smallest absolute Gasteiger partial charge is 0.221 e. The van der Waals surface area contributed by atoms with Gasteiger partial charge in [-0.25, -0.2) is 0 Å². The first kappa shape index (κ1) is 11.6. The van der Waals surface area contributed by atoms with E-state index in [1.807, 2.05) is 14.0 Å². The van der Waals surface area contributed by atoms with Gasteiger partial charge in [-0.1, -0.05) is 6.92 Å². The predicted molar refractivity (Wildman–Crippen MR) is 55.7 cm³/mol. The fourth-order valence-electron chi connectivity index (χ4n) is 1.10. The summed E-state index contributed by atoms with van der Waals surface area (Å²) in [6.07, 6.45) is 2.75. The molecular weight excluding hydrogens is 194 g/mol. The van der Waals surface area contributed by atoms with E-state index < -0.39 is 0 Å². The fraction of sp³-hybridized carbons (Fsp3) is 0.667. The third-order valence-corrected chi connectivity index (χ3v) is 2.22. The monoisotopic (exact) mass is 211 g/mol. The van der Waals surface area contributed by atoms with Crippen molar-refractivity contribution in [3.8, 4) is 0 Å². The number of hydrogen-bond acceptors (Lipinski definition) is 4. The first-order valence-electron chi connectivity index (χ1n) is 4.98. The zero-order valence-electron chi connectivity index (χ0n) is 9.10. The van der Waals surface area contributed by atoms with Crippen molar-refractivity contribution >= 4 is 5.91 Å². The minimum absolute atomic E-state index is 0.0487. The summed E-state index contributed by atoms with van der Waals surface area (Å²) in [6.45, 7) is 2.35. The molecule has 0 fully saturated rings. The van der Waals surface area contributed by atoms with Crippen LogP contribution in [0, 0.1) is 0 Å². The van der Waals surface area contributed by atoms with Gasteiger partial charge in [0.25, 0.3) is 0 Å². The van der Waals surface area contributed by atoms with E-state index in [2.05, 4.69) is 15.5 Å². The number of rotatable bonds is 5. The molecule has 0 spiro atoms. The van der Waals surface area contributed by atoms with Crippen LogP contribution in [0.5, 0.6) is 0 Å². The van der Waals surface area contributed by atoms with Crippen molar-refractivity contribution in [3.05, 3.63) is 12.2 Å². The van der Waals surface area contributed by atoms with Gasteiger partial charge in [0, 0.05) is 19.5 Å². The summed E-state index contributed by atoms with van der Waals surface area (Å²) in [5.74, 6) is 0.681. The van der Waals surface area contributed by atoms with E-state index in [0.29, 0.717) is 13.0 Å². The van der Waals surface area contributed by atoms with Gasteiger partial charge in [-0.3, -0.25) is 4.79 Å². The molecule has 1 heterocycles. The van der Waals surface area contributed by atoms with Crippen molar-refractivity contribution in [2.75, 3.05) is 0 Å². The number of nitrogens with zero attached hydrogens (tertiary/aromatic N) is 3. The zero-order valence-corrected chi connectivity index (χ0v) is 9.10. The third-order valence-electron chi connectivity index (χ3n) is 2.22. The number of nitrogens with two attached hydrogens (primary N) is 1. The number of hydrogen-bond donors (Lipinski definition) is 2. The molecule has 15 heavy (non-hydrogen) atoms. The maximum atomic E-state index is 11.4. The normalized spacial score (nSPS) is 12.5. The highest BCUT2D eigenvalue weighted by molar-refractivity contribution is 5.76. The summed E-state index contributed by atoms with van der Waals surface area (Å²) in [4.78, 5) is 11.4. The minimum atomic E-state index is -0.0653. The molecule has 0 aliphatic rings. The van der Waals surface area contributed by atoms with E-state index in [-0.39, 0.29) is 11.9 Å². The molecule has 3 N–H and O–H groups in total. The summed E-state index contributed by atoms with van der Waals surface area (Å²) in [6, 6.07) is -0.0653. The fourth-order valence-corrected chi connectivity index (χ4v) is 1.10. The molecule has 0 aliphatic heterocycles. The van der Waals surface area contributed by atoms with E-state index in [0.717, 1.165) is 12.2 Å². The third kappa shape index (κ3) is 3.67. The lowest BCUT2D eigenvalue weighted by Gasteiger charge is -2.08. The van der Waals surface area contributed by atoms with E-state index in [1.165, 1.54) is 0 Å². The van der Waals surface area contributed by atoms with Gasteiger partial charge in [-0.05, 0) is 6.42 Å². The van der Waals surface area contributed by atoms with Crippen molar-refractivity contribution in [2.45, 2.75) is 32.4 Å². The highest BCUT2D eigenvalue weighted by Crippen LogP contribution is 1.95. The predicted octanol–water partition coefficient (Wildman–Crippen LogP) is -0.441. The van der Waals surface area contributed by atoms with Gasteiger partial charge in [0.15, 0.2) is 5.82 Å². The second-order valence-electron chi connectivity index (χ2n) is 3.51. The highest BCUT2D eigenvalue weighted by Gasteiger charge is 2.08. The Labute approximate surface area is 88.9 Å². The average Bonchev–Trinajstić information content (AvgIpc) is 2.61. The SMILES string of the molecule is CCC(N)CC(=O)NCc1nncn1C. The molecule has 0 radical (unpaired) electrons. The van der Waals surface area contributed by atoms with Crippen LogP contribution < -0.4 is 11.1 Å². The Morgan fingerprint density at radius 3 is 3.00 bits per heavy atom. The molecule has 6 heteroatoms. The van der Waals surface area contributed by atoms with Crippen molar-refractivity contribution in [1.82, 2.24) is 20.1 Å². The van der Waals surface area contributed by atoms with Crippen LogP contribution in [0.1, 0.15) is 25.6 Å². The van der Waals surface area contributed by atoms with Crippen molar-refractivity contribution < 1.29 is 4.79 Å². The van der Waals surface area contributed by atoms with Crippen LogP contribution >= 0.6 is 0 Å². The van der Waals surface area contributed by atoms with Crippen LogP contribution in [0.4, 0.5) is 0 Å². The zero-order chi connectivity index (χ0) is 11.3. The standard InChI is InChI=1S/C9H17N5O/c1-3-7(10)4-9(15)11-5-8-13-12-6-14(8)2/h6-7H,3-5,10H2,1-2H3,(H,11,15). The van der Waals surface area contributed by atoms with Crippen molar-refractivity contribution in [3.63, 3.8) is 0 Å². The summed E-state index contributed by atoms with van der Waals surface area (Å²) in [7, 11) is 1.83. The summed E-state index contributed by atoms with van der Waals surface area (Å²) < 4.78 is 1.76. The lowest BCUT2D eigenvalue weighted by Crippen LogP contribution is -2.31. The Hall–Kier alpha value is -1.43. The molecule has 0 aliphatic carbocycles. The molecule has 1 atom stereocenters. The van der Waals surface area contributed by atoms with Gasteiger partial charge in [0.2, 0.25) is 5.91 Å². The minimum Gasteiger partial charge on any atom is -0.349 e. The average molecular weight is 211 g/mol. The molecule has 6 nitrogen and oxygen atoms in total. The van der Waals surface area contributed by atoms with Crippen LogP contribution in [-0.4, -0.2) is 26.7 Å². The molecule has 84 valence electrons. The Kier molecular flexibility index (Phi) is 4.23. The van der Waals surface area contributed by atoms with E-state index >= 15 is 0 Å². The molecule has 1 aromatic rings. The molecular formula is C9H17N5O. The number of amides is 1. The Morgan fingerprint density at radius 2 is 2.47 bits per heavy atom. The van der Waals surface area contributed by atoms with Gasteiger partial charge < -0.3 is 15.6 Å². The summed E-state index contributed by atoms with van der Waals surface area (Å²) in [5.41, 5.74) is 5.66. The number of aromatic nitrogens is 3. The second kappa shape index (κ2) is 5.45. The van der Waals surface area contributed by atoms with Crippen molar-refractivity contribution in [1.29, 1.82) is 0 Å². The molecule has 1 aromatic heterocycles. The van der Waals surface area contributed by atoms with Crippen molar-refractivity contribution in [2.24, 2.45) is 12.8 Å². The number of carbonyl (C=O) groups is 1. The maximum Gasteiger partial charge on any atom is 0.221 e. The number of aryl methyl sites for hydroxylation is 1. The highest BCUT2D eigenvalue weighted by atomic mass is 16.1. The number of nitrogens with one attached hydrogen (secondary N) is 1. The van der Waals surface area contributed by atoms with E-state index in [1.54, 1.807) is 10.9 Å². The molecule has 0 saturated carbocycles.